The Labute approximate surface area is 132 Å². The summed E-state index contributed by atoms with van der Waals surface area (Å²) in [5.41, 5.74) is -0.615. The zero-order chi connectivity index (χ0) is 16.4. The van der Waals surface area contributed by atoms with Crippen LogP contribution in [0.1, 0.15) is 13.3 Å². The number of hydrogen-bond donors (Lipinski definition) is 1. The van der Waals surface area contributed by atoms with Crippen molar-refractivity contribution < 1.29 is 9.53 Å². The standard InChI is InChI=1S/C16H19N3O4/c1-11-10-18(8-9-23-11)14(20)6-7-19-16(22)13-5-3-2-4-12(13)15(21)17-19/h2-5,11H,6-10H2,1H3,(H,17,21). The molecule has 1 unspecified atom stereocenters. The molecule has 1 aromatic carbocycles. The van der Waals surface area contributed by atoms with Gasteiger partial charge < -0.3 is 9.64 Å². The molecule has 1 aliphatic rings. The fourth-order valence-corrected chi connectivity index (χ4v) is 2.81. The van der Waals surface area contributed by atoms with Crippen LogP contribution in [0.25, 0.3) is 10.8 Å². The fraction of sp³-hybridized carbons (Fsp3) is 0.438. The van der Waals surface area contributed by atoms with E-state index in [0.29, 0.717) is 30.5 Å². The second-order valence-corrected chi connectivity index (χ2v) is 5.71. The number of amides is 1. The van der Waals surface area contributed by atoms with Gasteiger partial charge in [0.15, 0.2) is 0 Å². The highest BCUT2D eigenvalue weighted by atomic mass is 16.5. The maximum absolute atomic E-state index is 12.4. The van der Waals surface area contributed by atoms with Gasteiger partial charge in [-0.2, -0.15) is 0 Å². The van der Waals surface area contributed by atoms with Crippen molar-refractivity contribution in [2.45, 2.75) is 26.0 Å². The third-order valence-corrected chi connectivity index (χ3v) is 4.03. The molecular weight excluding hydrogens is 298 g/mol. The average molecular weight is 317 g/mol. The fourth-order valence-electron chi connectivity index (χ4n) is 2.81. The molecule has 122 valence electrons. The number of carbonyl (C=O) groups is 1. The Morgan fingerprint density at radius 1 is 1.30 bits per heavy atom. The van der Waals surface area contributed by atoms with E-state index < -0.39 is 0 Å². The van der Waals surface area contributed by atoms with Gasteiger partial charge in [0.05, 0.1) is 30.0 Å². The SMILES string of the molecule is CC1CN(C(=O)CCn2[nH]c(=O)c3ccccc3c2=O)CCO1. The molecule has 0 spiro atoms. The molecule has 0 radical (unpaired) electrons. The first-order chi connectivity index (χ1) is 11.1. The van der Waals surface area contributed by atoms with Gasteiger partial charge in [-0.3, -0.25) is 19.5 Å². The van der Waals surface area contributed by atoms with Gasteiger partial charge in [-0.15, -0.1) is 0 Å². The van der Waals surface area contributed by atoms with Crippen LogP contribution in [0.15, 0.2) is 33.9 Å². The Bertz CT molecular complexity index is 839. The number of fused-ring (bicyclic) bond motifs is 1. The smallest absolute Gasteiger partial charge is 0.273 e. The van der Waals surface area contributed by atoms with E-state index in [2.05, 4.69) is 5.10 Å². The van der Waals surface area contributed by atoms with Crippen LogP contribution in [0.3, 0.4) is 0 Å². The molecule has 7 heteroatoms. The topological polar surface area (TPSA) is 84.4 Å². The number of aromatic amines is 1. The van der Waals surface area contributed by atoms with Gasteiger partial charge in [0, 0.05) is 19.5 Å². The number of aryl methyl sites for hydroxylation is 1. The number of nitrogens with zero attached hydrogens (tertiary/aromatic N) is 2. The summed E-state index contributed by atoms with van der Waals surface area (Å²) in [6.45, 7) is 3.72. The highest BCUT2D eigenvalue weighted by Gasteiger charge is 2.21. The number of nitrogens with one attached hydrogen (secondary N) is 1. The second-order valence-electron chi connectivity index (χ2n) is 5.71. The summed E-state index contributed by atoms with van der Waals surface area (Å²) in [6.07, 6.45) is 0.192. The maximum Gasteiger partial charge on any atom is 0.273 e. The number of hydrogen-bond acceptors (Lipinski definition) is 4. The quantitative estimate of drug-likeness (QED) is 0.884. The van der Waals surface area contributed by atoms with E-state index in [1.165, 1.54) is 4.68 Å². The molecule has 1 saturated heterocycles. The summed E-state index contributed by atoms with van der Waals surface area (Å²) in [5, 5.41) is 3.27. The molecule has 0 bridgehead atoms. The largest absolute Gasteiger partial charge is 0.375 e. The van der Waals surface area contributed by atoms with E-state index in [9.17, 15) is 14.4 Å². The number of aromatic nitrogens is 2. The first-order valence-electron chi connectivity index (χ1n) is 7.67. The number of carbonyl (C=O) groups excluding carboxylic acids is 1. The summed E-state index contributed by atoms with van der Waals surface area (Å²) in [6, 6.07) is 6.66. The molecule has 7 nitrogen and oxygen atoms in total. The number of rotatable bonds is 3. The maximum atomic E-state index is 12.4. The minimum Gasteiger partial charge on any atom is -0.375 e. The van der Waals surface area contributed by atoms with E-state index in [0.717, 1.165) is 0 Å². The Balaban J connectivity index is 1.77. The lowest BCUT2D eigenvalue weighted by molar-refractivity contribution is -0.138. The minimum atomic E-state index is -0.326. The lowest BCUT2D eigenvalue weighted by Crippen LogP contribution is -2.45. The van der Waals surface area contributed by atoms with Gasteiger partial charge in [0.2, 0.25) is 5.91 Å². The van der Waals surface area contributed by atoms with Gasteiger partial charge in [0.1, 0.15) is 0 Å². The van der Waals surface area contributed by atoms with Crippen LogP contribution < -0.4 is 11.1 Å². The van der Waals surface area contributed by atoms with Gasteiger partial charge in [-0.1, -0.05) is 12.1 Å². The number of benzene rings is 1. The normalized spacial score (nSPS) is 18.3. The molecule has 0 aliphatic carbocycles. The molecule has 1 fully saturated rings. The van der Waals surface area contributed by atoms with E-state index in [1.807, 2.05) is 6.92 Å². The van der Waals surface area contributed by atoms with E-state index in [-0.39, 0.29) is 36.1 Å². The van der Waals surface area contributed by atoms with Crippen LogP contribution in [0.2, 0.25) is 0 Å². The van der Waals surface area contributed by atoms with Crippen LogP contribution >= 0.6 is 0 Å². The Hall–Kier alpha value is -2.41. The molecule has 2 heterocycles. The monoisotopic (exact) mass is 317 g/mol. The van der Waals surface area contributed by atoms with Gasteiger partial charge in [-0.05, 0) is 19.1 Å². The third kappa shape index (κ3) is 3.19. The molecule has 1 aromatic heterocycles. The first kappa shape index (κ1) is 15.5. The summed E-state index contributed by atoms with van der Waals surface area (Å²) in [7, 11) is 0. The van der Waals surface area contributed by atoms with E-state index in [1.54, 1.807) is 29.2 Å². The summed E-state index contributed by atoms with van der Waals surface area (Å²) < 4.78 is 6.62. The molecule has 23 heavy (non-hydrogen) atoms. The Morgan fingerprint density at radius 3 is 2.78 bits per heavy atom. The Kier molecular flexibility index (Phi) is 4.29. The van der Waals surface area contributed by atoms with Crippen LogP contribution in [-0.4, -0.2) is 46.4 Å². The van der Waals surface area contributed by atoms with Crippen molar-refractivity contribution in [1.29, 1.82) is 0 Å². The zero-order valence-electron chi connectivity index (χ0n) is 12.9. The second kappa shape index (κ2) is 6.37. The zero-order valence-corrected chi connectivity index (χ0v) is 12.9. The van der Waals surface area contributed by atoms with Crippen LogP contribution in [0.4, 0.5) is 0 Å². The average Bonchev–Trinajstić information content (AvgIpc) is 2.56. The lowest BCUT2D eigenvalue weighted by Gasteiger charge is -2.31. The Morgan fingerprint density at radius 2 is 2.04 bits per heavy atom. The third-order valence-electron chi connectivity index (χ3n) is 4.03. The summed E-state index contributed by atoms with van der Waals surface area (Å²) in [4.78, 5) is 38.4. The lowest BCUT2D eigenvalue weighted by atomic mass is 10.2. The van der Waals surface area contributed by atoms with Crippen molar-refractivity contribution in [3.8, 4) is 0 Å². The first-order valence-corrected chi connectivity index (χ1v) is 7.67. The highest BCUT2D eigenvalue weighted by Crippen LogP contribution is 2.07. The summed E-state index contributed by atoms with van der Waals surface area (Å²) in [5.74, 6) is -0.0407. The van der Waals surface area contributed by atoms with Crippen LogP contribution in [-0.2, 0) is 16.1 Å². The molecule has 2 aromatic rings. The van der Waals surface area contributed by atoms with Crippen molar-refractivity contribution in [2.75, 3.05) is 19.7 Å². The minimum absolute atomic E-state index is 0.0240. The molecule has 1 aliphatic heterocycles. The van der Waals surface area contributed by atoms with Gasteiger partial charge in [-0.25, -0.2) is 4.68 Å². The van der Waals surface area contributed by atoms with E-state index in [4.69, 9.17) is 4.74 Å². The number of ether oxygens (including phenoxy) is 1. The number of morpholine rings is 1. The van der Waals surface area contributed by atoms with Crippen LogP contribution in [0, 0.1) is 0 Å². The molecule has 0 saturated carbocycles. The van der Waals surface area contributed by atoms with Crippen molar-refractivity contribution in [1.82, 2.24) is 14.7 Å². The van der Waals surface area contributed by atoms with Crippen molar-refractivity contribution in [2.24, 2.45) is 0 Å². The molecule has 1 N–H and O–H groups in total. The molecule has 3 rings (SSSR count). The highest BCUT2D eigenvalue weighted by molar-refractivity contribution is 5.80. The molecular formula is C16H19N3O4. The molecule has 1 amide bonds. The van der Waals surface area contributed by atoms with Crippen molar-refractivity contribution >= 4 is 16.7 Å². The predicted octanol–water partition coefficient (Wildman–Crippen LogP) is 0.327. The van der Waals surface area contributed by atoms with Gasteiger partial charge >= 0.3 is 0 Å². The summed E-state index contributed by atoms with van der Waals surface area (Å²) >= 11 is 0. The van der Waals surface area contributed by atoms with Gasteiger partial charge in [0.25, 0.3) is 11.1 Å². The predicted molar refractivity (Wildman–Crippen MR) is 85.4 cm³/mol. The van der Waals surface area contributed by atoms with Crippen molar-refractivity contribution in [3.05, 3.63) is 45.0 Å². The number of H-pyrrole nitrogens is 1. The van der Waals surface area contributed by atoms with Crippen LogP contribution in [0.5, 0.6) is 0 Å². The van der Waals surface area contributed by atoms with Crippen molar-refractivity contribution in [3.63, 3.8) is 0 Å². The van der Waals surface area contributed by atoms with E-state index >= 15 is 0 Å². The molecule has 1 atom stereocenters.